The number of rotatable bonds is 6. The van der Waals surface area contributed by atoms with Gasteiger partial charge in [-0.05, 0) is 13.3 Å². The van der Waals surface area contributed by atoms with Crippen molar-refractivity contribution in [2.45, 2.75) is 25.8 Å². The number of hydrogen-bond acceptors (Lipinski definition) is 5. The SMILES string of the molecule is CCOC(=O)CCCNC(=O)N1CSC[C@H]1C(=O)O. The Kier molecular flexibility index (Phi) is 6.48. The first-order chi connectivity index (χ1) is 9.06. The van der Waals surface area contributed by atoms with Gasteiger partial charge in [-0.15, -0.1) is 11.8 Å². The van der Waals surface area contributed by atoms with Gasteiger partial charge in [0.2, 0.25) is 0 Å². The molecule has 7 nitrogen and oxygen atoms in total. The van der Waals surface area contributed by atoms with Gasteiger partial charge >= 0.3 is 18.0 Å². The average molecular weight is 290 g/mol. The van der Waals surface area contributed by atoms with Crippen LogP contribution in [0, 0.1) is 0 Å². The predicted molar refractivity (Wildman–Crippen MR) is 69.9 cm³/mol. The summed E-state index contributed by atoms with van der Waals surface area (Å²) in [5, 5.41) is 11.5. The molecule has 0 unspecified atom stereocenters. The molecule has 1 fully saturated rings. The lowest BCUT2D eigenvalue weighted by molar-refractivity contribution is -0.143. The number of ether oxygens (including phenoxy) is 1. The molecule has 1 atom stereocenters. The Morgan fingerprint density at radius 3 is 2.84 bits per heavy atom. The number of nitrogens with one attached hydrogen (secondary N) is 1. The molecule has 1 heterocycles. The van der Waals surface area contributed by atoms with Gasteiger partial charge in [0.05, 0.1) is 12.5 Å². The van der Waals surface area contributed by atoms with E-state index in [1.807, 2.05) is 0 Å². The third-order valence-electron chi connectivity index (χ3n) is 2.57. The Morgan fingerprint density at radius 2 is 2.21 bits per heavy atom. The van der Waals surface area contributed by atoms with Crippen molar-refractivity contribution < 1.29 is 24.2 Å². The maximum Gasteiger partial charge on any atom is 0.327 e. The van der Waals surface area contributed by atoms with Crippen LogP contribution in [-0.4, -0.2) is 58.8 Å². The van der Waals surface area contributed by atoms with E-state index in [9.17, 15) is 14.4 Å². The zero-order valence-corrected chi connectivity index (χ0v) is 11.6. The molecule has 1 aliphatic rings. The Balaban J connectivity index is 2.24. The number of carbonyl (C=O) groups is 3. The Labute approximate surface area is 115 Å². The molecular weight excluding hydrogens is 272 g/mol. The molecule has 19 heavy (non-hydrogen) atoms. The van der Waals surface area contributed by atoms with Gasteiger partial charge in [-0.2, -0.15) is 0 Å². The van der Waals surface area contributed by atoms with Gasteiger partial charge in [0, 0.05) is 18.7 Å². The second-order valence-electron chi connectivity index (χ2n) is 3.96. The van der Waals surface area contributed by atoms with Crippen molar-refractivity contribution in [3.63, 3.8) is 0 Å². The number of nitrogens with zero attached hydrogens (tertiary/aromatic N) is 1. The van der Waals surface area contributed by atoms with E-state index in [4.69, 9.17) is 9.84 Å². The number of carboxylic acids is 1. The fraction of sp³-hybridized carbons (Fsp3) is 0.727. The first kappa shape index (κ1) is 15.6. The molecule has 2 N–H and O–H groups in total. The molecule has 1 aliphatic heterocycles. The number of thioether (sulfide) groups is 1. The van der Waals surface area contributed by atoms with Crippen LogP contribution in [0.5, 0.6) is 0 Å². The van der Waals surface area contributed by atoms with Gasteiger partial charge in [-0.25, -0.2) is 9.59 Å². The molecular formula is C11H18N2O5S. The van der Waals surface area contributed by atoms with Crippen molar-refractivity contribution in [3.05, 3.63) is 0 Å². The molecule has 0 aromatic rings. The molecule has 0 spiro atoms. The first-order valence-electron chi connectivity index (χ1n) is 6.07. The highest BCUT2D eigenvalue weighted by molar-refractivity contribution is 7.99. The van der Waals surface area contributed by atoms with Crippen LogP contribution in [0.4, 0.5) is 4.79 Å². The molecule has 1 rings (SSSR count). The molecule has 1 saturated heterocycles. The van der Waals surface area contributed by atoms with Crippen molar-refractivity contribution in [1.82, 2.24) is 10.2 Å². The second-order valence-corrected chi connectivity index (χ2v) is 4.96. The fourth-order valence-corrected chi connectivity index (χ4v) is 2.76. The smallest absolute Gasteiger partial charge is 0.327 e. The zero-order valence-electron chi connectivity index (χ0n) is 10.8. The molecule has 0 aromatic carbocycles. The number of aliphatic carboxylic acids is 1. The van der Waals surface area contributed by atoms with Crippen molar-refractivity contribution in [1.29, 1.82) is 0 Å². The molecule has 0 radical (unpaired) electrons. The van der Waals surface area contributed by atoms with Crippen LogP contribution in [0.15, 0.2) is 0 Å². The largest absolute Gasteiger partial charge is 0.480 e. The standard InChI is InChI=1S/C11H18N2O5S/c1-2-18-9(14)4-3-5-12-11(17)13-7-19-6-8(13)10(15)16/h8H,2-7H2,1H3,(H,12,17)(H,15,16)/t8-/m0/s1. The average Bonchev–Trinajstić information content (AvgIpc) is 2.84. The zero-order chi connectivity index (χ0) is 14.3. The van der Waals surface area contributed by atoms with Gasteiger partial charge in [0.15, 0.2) is 0 Å². The Morgan fingerprint density at radius 1 is 1.47 bits per heavy atom. The lowest BCUT2D eigenvalue weighted by Gasteiger charge is -2.20. The molecule has 8 heteroatoms. The summed E-state index contributed by atoms with van der Waals surface area (Å²) in [5.41, 5.74) is 0. The molecule has 0 aromatic heterocycles. The van der Waals surface area contributed by atoms with Crippen LogP contribution in [0.1, 0.15) is 19.8 Å². The summed E-state index contributed by atoms with van der Waals surface area (Å²) in [6.45, 7) is 2.40. The minimum Gasteiger partial charge on any atom is -0.480 e. The van der Waals surface area contributed by atoms with Crippen LogP contribution < -0.4 is 5.32 Å². The minimum absolute atomic E-state index is 0.241. The van der Waals surface area contributed by atoms with Gasteiger partial charge in [0.1, 0.15) is 6.04 Å². The number of carboxylic acid groups (broad SMARTS) is 1. The molecule has 108 valence electrons. The molecule has 2 amide bonds. The highest BCUT2D eigenvalue weighted by atomic mass is 32.2. The van der Waals surface area contributed by atoms with E-state index in [-0.39, 0.29) is 12.4 Å². The number of hydrogen-bond donors (Lipinski definition) is 2. The number of esters is 1. The van der Waals surface area contributed by atoms with E-state index >= 15 is 0 Å². The van der Waals surface area contributed by atoms with Crippen molar-refractivity contribution >= 4 is 29.7 Å². The lowest BCUT2D eigenvalue weighted by Crippen LogP contribution is -2.47. The normalized spacial score (nSPS) is 18.2. The molecule has 0 bridgehead atoms. The van der Waals surface area contributed by atoms with Gasteiger partial charge < -0.3 is 20.1 Å². The first-order valence-corrected chi connectivity index (χ1v) is 7.22. The van der Waals surface area contributed by atoms with Crippen molar-refractivity contribution in [3.8, 4) is 0 Å². The summed E-state index contributed by atoms with van der Waals surface area (Å²) in [6, 6.07) is -1.17. The summed E-state index contributed by atoms with van der Waals surface area (Å²) in [6.07, 6.45) is 0.717. The predicted octanol–water partition coefficient (Wildman–Crippen LogP) is 0.499. The summed E-state index contributed by atoms with van der Waals surface area (Å²) in [4.78, 5) is 35.0. The summed E-state index contributed by atoms with van der Waals surface area (Å²) < 4.78 is 4.75. The quantitative estimate of drug-likeness (QED) is 0.546. The fourth-order valence-electron chi connectivity index (χ4n) is 1.61. The van der Waals surface area contributed by atoms with E-state index in [2.05, 4.69) is 5.32 Å². The van der Waals surface area contributed by atoms with E-state index in [1.54, 1.807) is 6.92 Å². The van der Waals surface area contributed by atoms with Crippen LogP contribution >= 0.6 is 11.8 Å². The molecule has 0 saturated carbocycles. The maximum atomic E-state index is 11.8. The van der Waals surface area contributed by atoms with Crippen LogP contribution in [0.3, 0.4) is 0 Å². The van der Waals surface area contributed by atoms with E-state index in [0.29, 0.717) is 31.2 Å². The highest BCUT2D eigenvalue weighted by Gasteiger charge is 2.34. The van der Waals surface area contributed by atoms with Gasteiger partial charge in [0.25, 0.3) is 0 Å². The summed E-state index contributed by atoms with van der Waals surface area (Å²) in [5.74, 6) is -0.504. The molecule has 0 aliphatic carbocycles. The third-order valence-corrected chi connectivity index (χ3v) is 3.58. The van der Waals surface area contributed by atoms with Crippen molar-refractivity contribution in [2.75, 3.05) is 24.8 Å². The third kappa shape index (κ3) is 4.98. The van der Waals surface area contributed by atoms with Crippen LogP contribution in [0.2, 0.25) is 0 Å². The topological polar surface area (TPSA) is 95.9 Å². The summed E-state index contributed by atoms with van der Waals surface area (Å²) >= 11 is 1.41. The van der Waals surface area contributed by atoms with Crippen LogP contribution in [-0.2, 0) is 14.3 Å². The van der Waals surface area contributed by atoms with Crippen molar-refractivity contribution in [2.24, 2.45) is 0 Å². The van der Waals surface area contributed by atoms with Crippen LogP contribution in [0.25, 0.3) is 0 Å². The maximum absolute atomic E-state index is 11.8. The Hall–Kier alpha value is -1.44. The van der Waals surface area contributed by atoms with Gasteiger partial charge in [-0.1, -0.05) is 0 Å². The van der Waals surface area contributed by atoms with Gasteiger partial charge in [-0.3, -0.25) is 4.79 Å². The van der Waals surface area contributed by atoms with E-state index in [1.165, 1.54) is 16.7 Å². The highest BCUT2D eigenvalue weighted by Crippen LogP contribution is 2.20. The second kappa shape index (κ2) is 7.88. The monoisotopic (exact) mass is 290 g/mol. The van der Waals surface area contributed by atoms with E-state index < -0.39 is 18.0 Å². The summed E-state index contributed by atoms with van der Waals surface area (Å²) in [7, 11) is 0. The van der Waals surface area contributed by atoms with E-state index in [0.717, 1.165) is 0 Å². The number of urea groups is 1. The number of amides is 2. The lowest BCUT2D eigenvalue weighted by atomic mass is 10.3. The number of carbonyl (C=O) groups excluding carboxylic acids is 2. The Bertz CT molecular complexity index is 350. The minimum atomic E-state index is -0.994.